The van der Waals surface area contributed by atoms with Crippen LogP contribution in [0.2, 0.25) is 0 Å². The second-order valence-electron chi connectivity index (χ2n) is 2.14. The monoisotopic (exact) mass is 202 g/mol. The molecular formula is C8H11BrO. The van der Waals surface area contributed by atoms with Crippen molar-refractivity contribution >= 4 is 15.9 Å². The number of allylic oxidation sites excluding steroid dienone is 3. The van der Waals surface area contributed by atoms with Gasteiger partial charge in [0.2, 0.25) is 0 Å². The maximum absolute atomic E-state index is 5.34. The molecule has 1 nitrogen and oxygen atoms in total. The van der Waals surface area contributed by atoms with E-state index in [1.54, 1.807) is 0 Å². The number of ether oxygens (including phenoxy) is 1. The predicted octanol–water partition coefficient (Wildman–Crippen LogP) is 2.98. The van der Waals surface area contributed by atoms with Crippen LogP contribution >= 0.6 is 15.9 Å². The Bertz CT molecular complexity index is 170. The molecule has 0 aromatic rings. The lowest BCUT2D eigenvalue weighted by Gasteiger charge is -2.10. The first-order valence-corrected chi connectivity index (χ1v) is 4.32. The molecule has 0 aromatic heterocycles. The van der Waals surface area contributed by atoms with Crippen molar-refractivity contribution in [1.82, 2.24) is 0 Å². The second kappa shape index (κ2) is 3.81. The van der Waals surface area contributed by atoms with Crippen LogP contribution in [-0.2, 0) is 4.74 Å². The van der Waals surface area contributed by atoms with Gasteiger partial charge >= 0.3 is 0 Å². The maximum atomic E-state index is 5.34. The van der Waals surface area contributed by atoms with E-state index < -0.39 is 0 Å². The molecule has 0 saturated carbocycles. The van der Waals surface area contributed by atoms with Gasteiger partial charge in [-0.1, -0.05) is 22.0 Å². The van der Waals surface area contributed by atoms with E-state index in [4.69, 9.17) is 4.74 Å². The smallest absolute Gasteiger partial charge is 0.129 e. The summed E-state index contributed by atoms with van der Waals surface area (Å²) in [5, 5.41) is 0. The Morgan fingerprint density at radius 2 is 2.50 bits per heavy atom. The van der Waals surface area contributed by atoms with E-state index >= 15 is 0 Å². The van der Waals surface area contributed by atoms with E-state index in [-0.39, 0.29) is 0 Å². The summed E-state index contributed by atoms with van der Waals surface area (Å²) in [5.41, 5.74) is 0. The highest BCUT2D eigenvalue weighted by Gasteiger charge is 2.04. The molecule has 0 radical (unpaired) electrons. The average Bonchev–Trinajstić information content (AvgIpc) is 1.94. The van der Waals surface area contributed by atoms with Gasteiger partial charge in [-0.3, -0.25) is 0 Å². The summed E-state index contributed by atoms with van der Waals surface area (Å²) >= 11 is 3.46. The van der Waals surface area contributed by atoms with Crippen LogP contribution < -0.4 is 0 Å². The topological polar surface area (TPSA) is 9.23 Å². The highest BCUT2D eigenvalue weighted by Crippen LogP contribution is 2.24. The van der Waals surface area contributed by atoms with Gasteiger partial charge in [0.15, 0.2) is 0 Å². The molecule has 0 bridgehead atoms. The molecule has 0 unspecified atom stereocenters. The summed E-state index contributed by atoms with van der Waals surface area (Å²) < 4.78 is 6.53. The van der Waals surface area contributed by atoms with E-state index in [9.17, 15) is 0 Å². The summed E-state index contributed by atoms with van der Waals surface area (Å²) in [5.74, 6) is 0.994. The van der Waals surface area contributed by atoms with Crippen molar-refractivity contribution in [2.45, 2.75) is 19.8 Å². The van der Waals surface area contributed by atoms with E-state index in [0.29, 0.717) is 0 Å². The molecular weight excluding hydrogens is 192 g/mol. The first-order valence-electron chi connectivity index (χ1n) is 3.52. The largest absolute Gasteiger partial charge is 0.493 e. The fraction of sp³-hybridized carbons (Fsp3) is 0.500. The van der Waals surface area contributed by atoms with Crippen molar-refractivity contribution in [3.63, 3.8) is 0 Å². The van der Waals surface area contributed by atoms with E-state index in [1.165, 1.54) is 4.48 Å². The van der Waals surface area contributed by atoms with Crippen LogP contribution in [0.15, 0.2) is 22.4 Å². The van der Waals surface area contributed by atoms with Crippen molar-refractivity contribution in [3.8, 4) is 0 Å². The van der Waals surface area contributed by atoms with Crippen molar-refractivity contribution in [3.05, 3.63) is 22.4 Å². The van der Waals surface area contributed by atoms with Crippen LogP contribution in [-0.4, -0.2) is 6.61 Å². The summed E-state index contributed by atoms with van der Waals surface area (Å²) in [6.45, 7) is 2.74. The Balaban J connectivity index is 2.60. The predicted molar refractivity (Wildman–Crippen MR) is 46.0 cm³/mol. The normalized spacial score (nSPS) is 17.8. The Morgan fingerprint density at radius 1 is 1.70 bits per heavy atom. The maximum Gasteiger partial charge on any atom is 0.129 e. The number of rotatable bonds is 2. The number of hydrogen-bond donors (Lipinski definition) is 0. The molecule has 2 heteroatoms. The molecule has 0 spiro atoms. The molecule has 1 aliphatic carbocycles. The summed E-state index contributed by atoms with van der Waals surface area (Å²) in [6, 6.07) is 0. The third kappa shape index (κ3) is 1.87. The lowest BCUT2D eigenvalue weighted by atomic mass is 10.2. The molecule has 1 rings (SSSR count). The van der Waals surface area contributed by atoms with Crippen molar-refractivity contribution in [2.75, 3.05) is 6.61 Å². The molecule has 0 atom stereocenters. The highest BCUT2D eigenvalue weighted by molar-refractivity contribution is 9.11. The van der Waals surface area contributed by atoms with E-state index in [0.717, 1.165) is 25.2 Å². The Hall–Kier alpha value is -0.240. The van der Waals surface area contributed by atoms with Gasteiger partial charge in [-0.15, -0.1) is 0 Å². The Kier molecular flexibility index (Phi) is 3.00. The van der Waals surface area contributed by atoms with Crippen molar-refractivity contribution < 1.29 is 4.74 Å². The molecule has 0 aromatic carbocycles. The number of halogens is 1. The molecule has 1 aliphatic rings. The Labute approximate surface area is 69.9 Å². The van der Waals surface area contributed by atoms with Crippen LogP contribution in [0.3, 0.4) is 0 Å². The second-order valence-corrected chi connectivity index (χ2v) is 3.10. The van der Waals surface area contributed by atoms with Gasteiger partial charge in [-0.25, -0.2) is 0 Å². The third-order valence-corrected chi connectivity index (χ3v) is 2.15. The molecule has 0 N–H and O–H groups in total. The lowest BCUT2D eigenvalue weighted by molar-refractivity contribution is 0.239. The minimum atomic E-state index is 0.745. The summed E-state index contributed by atoms with van der Waals surface area (Å²) in [4.78, 5) is 0. The van der Waals surface area contributed by atoms with E-state index in [1.807, 2.05) is 13.0 Å². The zero-order valence-electron chi connectivity index (χ0n) is 6.06. The standard InChI is InChI=1S/C8H11BrO/c1-2-10-8-6-4-3-5-7(8)9/h4,6H,2-3,5H2,1H3. The highest BCUT2D eigenvalue weighted by atomic mass is 79.9. The SMILES string of the molecule is CCOC1=C(Br)CCC=C1. The third-order valence-electron chi connectivity index (χ3n) is 1.37. The van der Waals surface area contributed by atoms with Crippen LogP contribution in [0, 0.1) is 0 Å². The zero-order valence-corrected chi connectivity index (χ0v) is 7.65. The zero-order chi connectivity index (χ0) is 7.40. The van der Waals surface area contributed by atoms with Gasteiger partial charge in [0.1, 0.15) is 5.76 Å². The fourth-order valence-electron chi connectivity index (χ4n) is 0.896. The van der Waals surface area contributed by atoms with E-state index in [2.05, 4.69) is 22.0 Å². The molecule has 0 amide bonds. The van der Waals surface area contributed by atoms with Gasteiger partial charge in [0.25, 0.3) is 0 Å². The first-order chi connectivity index (χ1) is 4.84. The first kappa shape index (κ1) is 7.86. The summed E-state index contributed by atoms with van der Waals surface area (Å²) in [6.07, 6.45) is 6.36. The van der Waals surface area contributed by atoms with Crippen LogP contribution in [0.5, 0.6) is 0 Å². The van der Waals surface area contributed by atoms with Gasteiger partial charge in [-0.2, -0.15) is 0 Å². The quantitative estimate of drug-likeness (QED) is 0.670. The summed E-state index contributed by atoms with van der Waals surface area (Å²) in [7, 11) is 0. The van der Waals surface area contributed by atoms with Gasteiger partial charge in [0.05, 0.1) is 6.61 Å². The van der Waals surface area contributed by atoms with Crippen LogP contribution in [0.1, 0.15) is 19.8 Å². The molecule has 10 heavy (non-hydrogen) atoms. The fourth-order valence-corrected chi connectivity index (χ4v) is 1.37. The average molecular weight is 203 g/mol. The lowest BCUT2D eigenvalue weighted by Crippen LogP contribution is -1.94. The molecule has 56 valence electrons. The van der Waals surface area contributed by atoms with Crippen molar-refractivity contribution in [2.24, 2.45) is 0 Å². The molecule has 0 heterocycles. The van der Waals surface area contributed by atoms with Gasteiger partial charge in [-0.05, 0) is 25.8 Å². The molecule has 0 saturated heterocycles. The van der Waals surface area contributed by atoms with Gasteiger partial charge in [0, 0.05) is 4.48 Å². The molecule has 0 fully saturated rings. The van der Waals surface area contributed by atoms with Gasteiger partial charge < -0.3 is 4.74 Å². The van der Waals surface area contributed by atoms with Crippen LogP contribution in [0.4, 0.5) is 0 Å². The van der Waals surface area contributed by atoms with Crippen LogP contribution in [0.25, 0.3) is 0 Å². The molecule has 0 aliphatic heterocycles. The Morgan fingerprint density at radius 3 is 3.10 bits per heavy atom. The minimum absolute atomic E-state index is 0.745. The van der Waals surface area contributed by atoms with Crippen molar-refractivity contribution in [1.29, 1.82) is 0 Å². The number of hydrogen-bond acceptors (Lipinski definition) is 1. The minimum Gasteiger partial charge on any atom is -0.493 e.